The lowest BCUT2D eigenvalue weighted by atomic mass is 9.81. The van der Waals surface area contributed by atoms with Gasteiger partial charge >= 0.3 is 6.18 Å². The highest BCUT2D eigenvalue weighted by molar-refractivity contribution is 7.85. The Bertz CT molecular complexity index is 1710. The first-order valence-electron chi connectivity index (χ1n) is 11.2. The minimum absolute atomic E-state index is 0.0785. The van der Waals surface area contributed by atoms with Crippen LogP contribution < -0.4 is 4.74 Å². The van der Waals surface area contributed by atoms with Gasteiger partial charge in [0, 0.05) is 29.9 Å². The van der Waals surface area contributed by atoms with Gasteiger partial charge in [-0.05, 0) is 36.2 Å². The van der Waals surface area contributed by atoms with Crippen molar-refractivity contribution in [3.8, 4) is 11.4 Å². The van der Waals surface area contributed by atoms with Gasteiger partial charge in [-0.25, -0.2) is 26.6 Å². The molecule has 5 rings (SSSR count). The fourth-order valence-corrected chi connectivity index (χ4v) is 5.10. The van der Waals surface area contributed by atoms with Crippen LogP contribution in [0.25, 0.3) is 5.69 Å². The summed E-state index contributed by atoms with van der Waals surface area (Å²) in [4.78, 5) is -0.720. The van der Waals surface area contributed by atoms with Crippen LogP contribution in [0.3, 0.4) is 0 Å². The van der Waals surface area contributed by atoms with Crippen LogP contribution in [0.4, 0.5) is 35.1 Å². The predicted octanol–water partition coefficient (Wildman–Crippen LogP) is 6.49. The number of alkyl halides is 3. The molecule has 1 aliphatic rings. The molecule has 0 saturated heterocycles. The largest absolute Gasteiger partial charge is 0.485 e. The van der Waals surface area contributed by atoms with E-state index >= 15 is 0 Å². The number of halogens is 8. The molecule has 3 aromatic carbocycles. The topological polar surface area (TPSA) is 81.4 Å². The molecule has 4 aromatic rings. The maximum atomic E-state index is 14.8. The van der Waals surface area contributed by atoms with Gasteiger partial charge in [-0.2, -0.15) is 26.7 Å². The van der Waals surface area contributed by atoms with Crippen LogP contribution in [0.2, 0.25) is 0 Å². The third kappa shape index (κ3) is 4.68. The number of aromatic nitrogens is 2. The lowest BCUT2D eigenvalue weighted by Crippen LogP contribution is -2.24. The highest BCUT2D eigenvalue weighted by atomic mass is 32.2. The number of rotatable bonds is 4. The summed E-state index contributed by atoms with van der Waals surface area (Å²) in [5, 5.41) is 3.95. The Kier molecular flexibility index (Phi) is 6.61. The van der Waals surface area contributed by atoms with E-state index in [1.54, 1.807) is 0 Å². The molecule has 0 aliphatic carbocycles. The molecule has 0 radical (unpaired) electrons. The second kappa shape index (κ2) is 9.59. The molecule has 40 heavy (non-hydrogen) atoms. The molecule has 2 atom stereocenters. The van der Waals surface area contributed by atoms with Crippen LogP contribution in [0, 0.1) is 29.1 Å². The van der Waals surface area contributed by atoms with E-state index in [1.165, 1.54) is 18.5 Å². The third-order valence-electron chi connectivity index (χ3n) is 6.43. The predicted molar refractivity (Wildman–Crippen MR) is 121 cm³/mol. The van der Waals surface area contributed by atoms with Gasteiger partial charge in [-0.1, -0.05) is 12.1 Å². The molecule has 0 saturated carbocycles. The summed E-state index contributed by atoms with van der Waals surface area (Å²) in [7, 11) is -4.84. The molecule has 2 heterocycles. The second-order valence-corrected chi connectivity index (χ2v) is 10.2. The van der Waals surface area contributed by atoms with Crippen LogP contribution >= 0.6 is 0 Å². The SMILES string of the molecule is O=S(=O)(O)c1ccc2c(c1)OC(c1c(F)c(F)c(F)c(F)c1F)CC2c1ccc(C(F)(F)F)cc1-n1cccn1. The Morgan fingerprint density at radius 1 is 0.900 bits per heavy atom. The van der Waals surface area contributed by atoms with Crippen LogP contribution in [0.1, 0.15) is 40.7 Å². The molecule has 0 fully saturated rings. The van der Waals surface area contributed by atoms with E-state index in [1.807, 2.05) is 0 Å². The Balaban J connectivity index is 1.76. The molecular formula is C25H14F8N2O4S. The maximum absolute atomic E-state index is 14.8. The molecule has 15 heteroatoms. The zero-order chi connectivity index (χ0) is 29.1. The first-order valence-corrected chi connectivity index (χ1v) is 12.6. The fourth-order valence-electron chi connectivity index (χ4n) is 4.61. The minimum atomic E-state index is -4.84. The first-order chi connectivity index (χ1) is 18.7. The van der Waals surface area contributed by atoms with Gasteiger partial charge in [0.15, 0.2) is 23.3 Å². The molecule has 2 unspecified atom stereocenters. The molecule has 1 N–H and O–H groups in total. The third-order valence-corrected chi connectivity index (χ3v) is 7.28. The smallest absolute Gasteiger partial charge is 0.416 e. The summed E-state index contributed by atoms with van der Waals surface area (Å²) >= 11 is 0. The Morgan fingerprint density at radius 3 is 2.10 bits per heavy atom. The van der Waals surface area contributed by atoms with E-state index in [4.69, 9.17) is 4.74 Å². The molecule has 0 bridgehead atoms. The van der Waals surface area contributed by atoms with E-state index in [-0.39, 0.29) is 16.8 Å². The quantitative estimate of drug-likeness (QED) is 0.127. The zero-order valence-electron chi connectivity index (χ0n) is 19.6. The number of fused-ring (bicyclic) bond motifs is 1. The summed E-state index contributed by atoms with van der Waals surface area (Å²) in [5.41, 5.74) is -2.38. The number of hydrogen-bond acceptors (Lipinski definition) is 4. The van der Waals surface area contributed by atoms with E-state index in [2.05, 4.69) is 5.10 Å². The van der Waals surface area contributed by atoms with Crippen molar-refractivity contribution >= 4 is 10.1 Å². The molecule has 1 aromatic heterocycles. The normalized spacial score (nSPS) is 17.4. The summed E-state index contributed by atoms with van der Waals surface area (Å²) in [5.74, 6) is -12.9. The van der Waals surface area contributed by atoms with Crippen molar-refractivity contribution in [2.45, 2.75) is 29.5 Å². The van der Waals surface area contributed by atoms with Crippen LogP contribution in [0.15, 0.2) is 59.8 Å². The average Bonchev–Trinajstić information content (AvgIpc) is 3.44. The van der Waals surface area contributed by atoms with Crippen molar-refractivity contribution < 1.29 is 52.8 Å². The number of nitrogens with zero attached hydrogens (tertiary/aromatic N) is 2. The van der Waals surface area contributed by atoms with E-state index in [0.29, 0.717) is 0 Å². The molecular weight excluding hydrogens is 576 g/mol. The molecule has 6 nitrogen and oxygen atoms in total. The van der Waals surface area contributed by atoms with Crippen molar-refractivity contribution in [3.05, 3.63) is 106 Å². The van der Waals surface area contributed by atoms with Crippen LogP contribution in [-0.2, 0) is 16.3 Å². The van der Waals surface area contributed by atoms with Gasteiger partial charge in [0.25, 0.3) is 10.1 Å². The van der Waals surface area contributed by atoms with Crippen molar-refractivity contribution in [3.63, 3.8) is 0 Å². The molecule has 0 amide bonds. The van der Waals surface area contributed by atoms with Crippen molar-refractivity contribution in [2.24, 2.45) is 0 Å². The van der Waals surface area contributed by atoms with E-state index < -0.39 is 85.6 Å². The average molecular weight is 590 g/mol. The highest BCUT2D eigenvalue weighted by Crippen LogP contribution is 2.49. The van der Waals surface area contributed by atoms with Gasteiger partial charge in [0.05, 0.1) is 21.7 Å². The monoisotopic (exact) mass is 590 g/mol. The van der Waals surface area contributed by atoms with Crippen LogP contribution in [0.5, 0.6) is 5.75 Å². The fraction of sp³-hybridized carbons (Fsp3) is 0.160. The van der Waals surface area contributed by atoms with Gasteiger partial charge < -0.3 is 4.74 Å². The second-order valence-electron chi connectivity index (χ2n) is 8.78. The minimum Gasteiger partial charge on any atom is -0.485 e. The Hall–Kier alpha value is -3.98. The molecule has 210 valence electrons. The van der Waals surface area contributed by atoms with Crippen molar-refractivity contribution in [1.82, 2.24) is 9.78 Å². The lowest BCUT2D eigenvalue weighted by molar-refractivity contribution is -0.137. The number of benzene rings is 3. The first kappa shape index (κ1) is 27.6. The van der Waals surface area contributed by atoms with Gasteiger partial charge in [0.1, 0.15) is 11.9 Å². The van der Waals surface area contributed by atoms with Crippen LogP contribution in [-0.4, -0.2) is 22.8 Å². The van der Waals surface area contributed by atoms with E-state index in [9.17, 15) is 48.1 Å². The summed E-state index contributed by atoms with van der Waals surface area (Å²) in [6.07, 6.45) is -4.64. The van der Waals surface area contributed by atoms with Gasteiger partial charge in [-0.15, -0.1) is 0 Å². The molecule has 1 aliphatic heterocycles. The van der Waals surface area contributed by atoms with Crippen molar-refractivity contribution in [1.29, 1.82) is 0 Å². The van der Waals surface area contributed by atoms with Gasteiger partial charge in [-0.3, -0.25) is 4.55 Å². The summed E-state index contributed by atoms with van der Waals surface area (Å²) < 4.78 is 151. The van der Waals surface area contributed by atoms with Gasteiger partial charge in [0.2, 0.25) is 5.82 Å². The Morgan fingerprint density at radius 2 is 1.52 bits per heavy atom. The lowest BCUT2D eigenvalue weighted by Gasteiger charge is -2.34. The summed E-state index contributed by atoms with van der Waals surface area (Å²) in [6, 6.07) is 6.86. The van der Waals surface area contributed by atoms with Crippen molar-refractivity contribution in [2.75, 3.05) is 0 Å². The van der Waals surface area contributed by atoms with E-state index in [0.717, 1.165) is 41.1 Å². The number of ether oxygens (including phenoxy) is 1. The standard InChI is InChI=1S/C25H14F8N2O4S/c26-20-19(21(27)23(29)24(30)22(20)28)18-10-15(14-5-3-12(40(36,37)38)9-17(14)39-18)13-4-2-11(25(31,32)33)8-16(13)35-7-1-6-34-35/h1-9,15,18H,10H2,(H,36,37,38). The summed E-state index contributed by atoms with van der Waals surface area (Å²) in [6.45, 7) is 0. The maximum Gasteiger partial charge on any atom is 0.416 e. The number of hydrogen-bond donors (Lipinski definition) is 1. The zero-order valence-corrected chi connectivity index (χ0v) is 20.4. The highest BCUT2D eigenvalue weighted by Gasteiger charge is 2.39. The Labute approximate surface area is 220 Å². The molecule has 0 spiro atoms.